The van der Waals surface area contributed by atoms with Gasteiger partial charge in [-0.05, 0) is 36.3 Å². The Hall–Kier alpha value is -2.27. The number of hydrogen-bond acceptors (Lipinski definition) is 2. The third kappa shape index (κ3) is 3.56. The largest absolute Gasteiger partial charge is 0.369 e. The van der Waals surface area contributed by atoms with Gasteiger partial charge in [0.2, 0.25) is 5.96 Å². The second-order valence-corrected chi connectivity index (χ2v) is 5.61. The third-order valence-corrected chi connectivity index (χ3v) is 4.16. The van der Waals surface area contributed by atoms with Gasteiger partial charge < -0.3 is 16.5 Å². The highest BCUT2D eigenvalue weighted by Crippen LogP contribution is 2.34. The van der Waals surface area contributed by atoms with Crippen LogP contribution >= 0.6 is 12.4 Å². The van der Waals surface area contributed by atoms with E-state index in [-0.39, 0.29) is 18.4 Å². The van der Waals surface area contributed by atoms with Gasteiger partial charge in [0.15, 0.2) is 0 Å². The van der Waals surface area contributed by atoms with Crippen LogP contribution in [0.5, 0.6) is 0 Å². The fraction of sp³-hybridized carbons (Fsp3) is 0.294. The van der Waals surface area contributed by atoms with Gasteiger partial charge in [0.05, 0.1) is 5.71 Å². The summed E-state index contributed by atoms with van der Waals surface area (Å²) in [4.78, 5) is 3.40. The number of H-pyrrole nitrogens is 1. The molecule has 1 aliphatic rings. The smallest absolute Gasteiger partial charge is 0.211 e. The lowest BCUT2D eigenvalue weighted by Crippen LogP contribution is -2.23. The van der Waals surface area contributed by atoms with E-state index in [0.29, 0.717) is 5.92 Å². The maximum atomic E-state index is 5.43. The zero-order valence-corrected chi connectivity index (χ0v) is 13.9. The quantitative estimate of drug-likeness (QED) is 0.458. The molecule has 0 spiro atoms. The van der Waals surface area contributed by atoms with E-state index in [2.05, 4.69) is 52.6 Å². The zero-order valence-electron chi connectivity index (χ0n) is 13.1. The molecule has 0 amide bonds. The SMILES string of the molecule is CCc1c[nH]c2c1C(=NN=C(N)N)CC(c1ccccc1)C2.Cl. The number of fused-ring (bicyclic) bond motifs is 1. The van der Waals surface area contributed by atoms with Crippen LogP contribution in [0.2, 0.25) is 0 Å². The number of hydrogen-bond donors (Lipinski definition) is 3. The minimum absolute atomic E-state index is 0. The average Bonchev–Trinajstić information content (AvgIpc) is 2.96. The molecule has 2 aromatic rings. The summed E-state index contributed by atoms with van der Waals surface area (Å²) < 4.78 is 0. The molecule has 1 aromatic heterocycles. The van der Waals surface area contributed by atoms with Gasteiger partial charge in [0.1, 0.15) is 0 Å². The van der Waals surface area contributed by atoms with Crippen LogP contribution in [0.3, 0.4) is 0 Å². The van der Waals surface area contributed by atoms with Crippen molar-refractivity contribution in [1.29, 1.82) is 0 Å². The molecule has 3 rings (SSSR count). The van der Waals surface area contributed by atoms with Gasteiger partial charge in [-0.3, -0.25) is 0 Å². The second-order valence-electron chi connectivity index (χ2n) is 5.61. The summed E-state index contributed by atoms with van der Waals surface area (Å²) in [5.74, 6) is 0.384. The molecule has 1 heterocycles. The Kier molecular flexibility index (Phi) is 5.45. The number of nitrogens with zero attached hydrogens (tertiary/aromatic N) is 2. The molecule has 23 heavy (non-hydrogen) atoms. The minimum Gasteiger partial charge on any atom is -0.369 e. The summed E-state index contributed by atoms with van der Waals surface area (Å²) in [6.07, 6.45) is 4.87. The van der Waals surface area contributed by atoms with Crippen LogP contribution in [0.4, 0.5) is 0 Å². The number of rotatable bonds is 3. The van der Waals surface area contributed by atoms with Crippen molar-refractivity contribution in [2.24, 2.45) is 21.7 Å². The Balaban J connectivity index is 0.00000192. The molecule has 1 aliphatic carbocycles. The minimum atomic E-state index is -0.00975. The topological polar surface area (TPSA) is 92.5 Å². The molecular weight excluding hydrogens is 310 g/mol. The number of aryl methyl sites for hydroxylation is 1. The first-order valence-corrected chi connectivity index (χ1v) is 7.59. The molecule has 1 aromatic carbocycles. The number of aromatic nitrogens is 1. The van der Waals surface area contributed by atoms with Crippen molar-refractivity contribution in [2.45, 2.75) is 32.1 Å². The van der Waals surface area contributed by atoms with Crippen molar-refractivity contribution in [1.82, 2.24) is 4.98 Å². The number of guanidine groups is 1. The molecule has 0 saturated carbocycles. The number of benzene rings is 1. The monoisotopic (exact) mass is 331 g/mol. The average molecular weight is 332 g/mol. The van der Waals surface area contributed by atoms with Gasteiger partial charge in [-0.25, -0.2) is 0 Å². The molecule has 5 nitrogen and oxygen atoms in total. The first-order valence-electron chi connectivity index (χ1n) is 7.59. The Bertz CT molecular complexity index is 714. The predicted molar refractivity (Wildman–Crippen MR) is 97.3 cm³/mol. The van der Waals surface area contributed by atoms with Crippen molar-refractivity contribution in [3.8, 4) is 0 Å². The van der Waals surface area contributed by atoms with Gasteiger partial charge >= 0.3 is 0 Å². The van der Waals surface area contributed by atoms with E-state index in [9.17, 15) is 0 Å². The fourth-order valence-corrected chi connectivity index (χ4v) is 3.14. The maximum absolute atomic E-state index is 5.43. The molecule has 1 unspecified atom stereocenters. The Morgan fingerprint density at radius 1 is 1.22 bits per heavy atom. The summed E-state index contributed by atoms with van der Waals surface area (Å²) >= 11 is 0. The molecule has 5 N–H and O–H groups in total. The van der Waals surface area contributed by atoms with Crippen molar-refractivity contribution in [3.63, 3.8) is 0 Å². The highest BCUT2D eigenvalue weighted by Gasteiger charge is 2.28. The molecule has 0 aliphatic heterocycles. The molecule has 0 radical (unpaired) electrons. The van der Waals surface area contributed by atoms with Gasteiger partial charge in [0.25, 0.3) is 0 Å². The predicted octanol–water partition coefficient (Wildman–Crippen LogP) is 2.71. The second kappa shape index (κ2) is 7.33. The zero-order chi connectivity index (χ0) is 15.5. The normalized spacial score (nSPS) is 18.1. The van der Waals surface area contributed by atoms with Crippen LogP contribution in [-0.2, 0) is 12.8 Å². The summed E-state index contributed by atoms with van der Waals surface area (Å²) in [6, 6.07) is 10.5. The van der Waals surface area contributed by atoms with Gasteiger partial charge in [-0.2, -0.15) is 5.10 Å². The van der Waals surface area contributed by atoms with E-state index in [1.54, 1.807) is 0 Å². The first-order chi connectivity index (χ1) is 10.7. The van der Waals surface area contributed by atoms with Crippen molar-refractivity contribution in [2.75, 3.05) is 0 Å². The fourth-order valence-electron chi connectivity index (χ4n) is 3.14. The molecule has 122 valence electrons. The summed E-state index contributed by atoms with van der Waals surface area (Å²) in [7, 11) is 0. The molecule has 0 bridgehead atoms. The van der Waals surface area contributed by atoms with E-state index >= 15 is 0 Å². The van der Waals surface area contributed by atoms with E-state index in [4.69, 9.17) is 11.5 Å². The summed E-state index contributed by atoms with van der Waals surface area (Å²) in [5, 5.41) is 8.19. The van der Waals surface area contributed by atoms with Crippen LogP contribution in [-0.4, -0.2) is 16.7 Å². The number of nitrogens with one attached hydrogen (secondary N) is 1. The Morgan fingerprint density at radius 3 is 2.61 bits per heavy atom. The molecule has 0 fully saturated rings. The van der Waals surface area contributed by atoms with Gasteiger partial charge in [0, 0.05) is 17.5 Å². The van der Waals surface area contributed by atoms with Crippen LogP contribution in [0.15, 0.2) is 46.7 Å². The van der Waals surface area contributed by atoms with E-state index < -0.39 is 0 Å². The first kappa shape index (κ1) is 17.1. The van der Waals surface area contributed by atoms with E-state index in [1.165, 1.54) is 22.4 Å². The molecule has 1 atom stereocenters. The molecule has 0 saturated heterocycles. The number of halogens is 1. The van der Waals surface area contributed by atoms with Gasteiger partial charge in [-0.1, -0.05) is 37.3 Å². The van der Waals surface area contributed by atoms with Crippen molar-refractivity contribution in [3.05, 3.63) is 58.9 Å². The Morgan fingerprint density at radius 2 is 1.96 bits per heavy atom. The lowest BCUT2D eigenvalue weighted by molar-refractivity contribution is 0.683. The van der Waals surface area contributed by atoms with Crippen molar-refractivity contribution < 1.29 is 0 Å². The summed E-state index contributed by atoms with van der Waals surface area (Å²) in [5.41, 5.74) is 16.8. The van der Waals surface area contributed by atoms with E-state index in [1.807, 2.05) is 6.07 Å². The highest BCUT2D eigenvalue weighted by molar-refractivity contribution is 6.04. The van der Waals surface area contributed by atoms with Gasteiger partial charge in [-0.15, -0.1) is 17.5 Å². The number of aromatic amines is 1. The van der Waals surface area contributed by atoms with Crippen molar-refractivity contribution >= 4 is 24.1 Å². The van der Waals surface area contributed by atoms with Crippen LogP contribution in [0.1, 0.15) is 41.6 Å². The van der Waals surface area contributed by atoms with E-state index in [0.717, 1.165) is 25.0 Å². The highest BCUT2D eigenvalue weighted by atomic mass is 35.5. The molecular formula is C17H22ClN5. The number of nitrogens with two attached hydrogens (primary N) is 2. The third-order valence-electron chi connectivity index (χ3n) is 4.16. The van der Waals surface area contributed by atoms with Crippen LogP contribution in [0.25, 0.3) is 0 Å². The summed E-state index contributed by atoms with van der Waals surface area (Å²) in [6.45, 7) is 2.14. The maximum Gasteiger partial charge on any atom is 0.211 e. The lowest BCUT2D eigenvalue weighted by atomic mass is 9.81. The van der Waals surface area contributed by atoms with Crippen LogP contribution in [0, 0.1) is 0 Å². The lowest BCUT2D eigenvalue weighted by Gasteiger charge is -2.24. The Labute approximate surface area is 142 Å². The van der Waals surface area contributed by atoms with Crippen LogP contribution < -0.4 is 11.5 Å². The molecule has 6 heteroatoms. The standard InChI is InChI=1S/C17H21N5.ClH/c1-2-11-10-20-14-8-13(12-6-4-3-5-7-12)9-15(16(11)14)21-22-17(18)19;/h3-7,10,13,20H,2,8-9H2,1H3,(H4,18,19,22);1H.